The van der Waals surface area contributed by atoms with E-state index in [2.05, 4.69) is 0 Å². The van der Waals surface area contributed by atoms with Crippen molar-refractivity contribution in [3.05, 3.63) is 58.0 Å². The number of ether oxygens (including phenoxy) is 2. The highest BCUT2D eigenvalue weighted by atomic mass is 16.5. The molecule has 0 amide bonds. The van der Waals surface area contributed by atoms with Crippen molar-refractivity contribution in [2.45, 2.75) is 20.4 Å². The summed E-state index contributed by atoms with van der Waals surface area (Å²) in [7, 11) is 3.43. The summed E-state index contributed by atoms with van der Waals surface area (Å²) in [5.74, 6) is 1.39. The highest BCUT2D eigenvalue weighted by Gasteiger charge is 2.12. The van der Waals surface area contributed by atoms with E-state index in [1.807, 2.05) is 50.2 Å². The van der Waals surface area contributed by atoms with Crippen molar-refractivity contribution in [2.75, 3.05) is 13.7 Å². The summed E-state index contributed by atoms with van der Waals surface area (Å²) >= 11 is 0. The Hall–Kier alpha value is -2.69. The predicted molar refractivity (Wildman–Crippen MR) is 95.2 cm³/mol. The molecule has 0 spiro atoms. The molecule has 0 aliphatic rings. The second-order valence-electron chi connectivity index (χ2n) is 5.84. The zero-order valence-electron chi connectivity index (χ0n) is 14.5. The minimum Gasteiger partial charge on any atom is -0.493 e. The molecular weight excluding hydrogens is 304 g/mol. The Balaban J connectivity index is 2.06. The van der Waals surface area contributed by atoms with Crippen LogP contribution in [0.25, 0.3) is 11.0 Å². The second-order valence-corrected chi connectivity index (χ2v) is 5.84. The quantitative estimate of drug-likeness (QED) is 0.724. The van der Waals surface area contributed by atoms with E-state index in [4.69, 9.17) is 9.47 Å². The molecule has 0 saturated heterocycles. The first-order chi connectivity index (χ1) is 11.5. The van der Waals surface area contributed by atoms with Crippen LogP contribution in [-0.4, -0.2) is 22.9 Å². The number of hydrogen-bond donors (Lipinski definition) is 0. The number of aryl methyl sites for hydroxylation is 2. The molecule has 0 N–H and O–H groups in total. The molecule has 2 aromatic carbocycles. The van der Waals surface area contributed by atoms with E-state index in [9.17, 15) is 4.79 Å². The largest absolute Gasteiger partial charge is 0.493 e. The Kier molecular flexibility index (Phi) is 4.34. The zero-order chi connectivity index (χ0) is 17.3. The first-order valence-corrected chi connectivity index (χ1v) is 8.00. The number of imidazole rings is 1. The summed E-state index contributed by atoms with van der Waals surface area (Å²) < 4.78 is 14.4. The fraction of sp³-hybridized carbons (Fsp3) is 0.316. The lowest BCUT2D eigenvalue weighted by Crippen LogP contribution is -2.22. The number of aromatic nitrogens is 2. The van der Waals surface area contributed by atoms with Gasteiger partial charge in [-0.2, -0.15) is 0 Å². The average molecular weight is 326 g/mol. The number of benzene rings is 2. The molecule has 0 saturated carbocycles. The fourth-order valence-electron chi connectivity index (χ4n) is 2.94. The molecule has 5 heteroatoms. The molecule has 126 valence electrons. The molecule has 3 rings (SSSR count). The predicted octanol–water partition coefficient (Wildman–Crippen LogP) is 3.10. The molecule has 0 unspecified atom stereocenters. The summed E-state index contributed by atoms with van der Waals surface area (Å²) in [6.45, 7) is 5.01. The topological polar surface area (TPSA) is 45.4 Å². The van der Waals surface area contributed by atoms with Gasteiger partial charge in [-0.15, -0.1) is 0 Å². The van der Waals surface area contributed by atoms with Gasteiger partial charge in [-0.3, -0.25) is 9.13 Å². The maximum absolute atomic E-state index is 12.6. The van der Waals surface area contributed by atoms with E-state index < -0.39 is 0 Å². The Bertz CT molecular complexity index is 938. The number of nitrogens with zero attached hydrogens (tertiary/aromatic N) is 2. The van der Waals surface area contributed by atoms with Gasteiger partial charge < -0.3 is 9.47 Å². The molecule has 1 aromatic heterocycles. The maximum Gasteiger partial charge on any atom is 0.329 e. The van der Waals surface area contributed by atoms with Gasteiger partial charge in [0.1, 0.15) is 0 Å². The van der Waals surface area contributed by atoms with Gasteiger partial charge in [0.15, 0.2) is 11.5 Å². The van der Waals surface area contributed by atoms with Crippen LogP contribution in [0.3, 0.4) is 0 Å². The van der Waals surface area contributed by atoms with Crippen molar-refractivity contribution in [1.82, 2.24) is 9.13 Å². The lowest BCUT2D eigenvalue weighted by molar-refractivity contribution is 0.310. The lowest BCUT2D eigenvalue weighted by atomic mass is 10.2. The molecule has 0 radical (unpaired) electrons. The standard InChI is InChI=1S/C19H22N2O3/c1-5-24-18-11-14(7-9-17(18)23-4)12-21-15-8-6-13(2)10-16(15)20(3)19(21)22/h6-11H,5,12H2,1-4H3. The van der Waals surface area contributed by atoms with Crippen molar-refractivity contribution >= 4 is 11.0 Å². The number of fused-ring (bicyclic) bond motifs is 1. The van der Waals surface area contributed by atoms with Crippen LogP contribution in [0.2, 0.25) is 0 Å². The molecule has 0 fully saturated rings. The first-order valence-electron chi connectivity index (χ1n) is 8.00. The van der Waals surface area contributed by atoms with Crippen LogP contribution in [0.4, 0.5) is 0 Å². The summed E-state index contributed by atoms with van der Waals surface area (Å²) in [4.78, 5) is 12.6. The lowest BCUT2D eigenvalue weighted by Gasteiger charge is -2.11. The molecule has 0 aliphatic carbocycles. The van der Waals surface area contributed by atoms with Crippen LogP contribution in [0, 0.1) is 6.92 Å². The Labute approximate surface area is 141 Å². The van der Waals surface area contributed by atoms with Gasteiger partial charge >= 0.3 is 5.69 Å². The van der Waals surface area contributed by atoms with E-state index in [1.165, 1.54) is 0 Å². The molecule has 0 bridgehead atoms. The Morgan fingerprint density at radius 3 is 2.54 bits per heavy atom. The van der Waals surface area contributed by atoms with E-state index in [0.717, 1.165) is 22.2 Å². The molecule has 3 aromatic rings. The van der Waals surface area contributed by atoms with E-state index in [1.54, 1.807) is 23.3 Å². The Morgan fingerprint density at radius 2 is 1.83 bits per heavy atom. The minimum absolute atomic E-state index is 0.0237. The third-order valence-corrected chi connectivity index (χ3v) is 4.17. The SMILES string of the molecule is CCOc1cc(Cn2c(=O)n(C)c3cc(C)ccc32)ccc1OC. The van der Waals surface area contributed by atoms with Crippen LogP contribution in [-0.2, 0) is 13.6 Å². The first kappa shape index (κ1) is 16.2. The van der Waals surface area contributed by atoms with Gasteiger partial charge in [0.05, 0.1) is 31.3 Å². The normalized spacial score (nSPS) is 11.0. The van der Waals surface area contributed by atoms with E-state index in [-0.39, 0.29) is 5.69 Å². The third kappa shape index (κ3) is 2.77. The highest BCUT2D eigenvalue weighted by molar-refractivity contribution is 5.77. The molecular formula is C19H22N2O3. The van der Waals surface area contributed by atoms with Crippen molar-refractivity contribution in [3.63, 3.8) is 0 Å². The summed E-state index contributed by atoms with van der Waals surface area (Å²) in [5.41, 5.74) is 3.98. The molecule has 1 heterocycles. The van der Waals surface area contributed by atoms with Crippen molar-refractivity contribution in [2.24, 2.45) is 7.05 Å². The summed E-state index contributed by atoms with van der Waals surface area (Å²) in [6, 6.07) is 11.8. The maximum atomic E-state index is 12.6. The number of hydrogen-bond acceptors (Lipinski definition) is 3. The molecule has 0 aliphatic heterocycles. The second kappa shape index (κ2) is 6.43. The van der Waals surface area contributed by atoms with Crippen LogP contribution in [0.1, 0.15) is 18.1 Å². The number of rotatable bonds is 5. The van der Waals surface area contributed by atoms with Crippen LogP contribution in [0.15, 0.2) is 41.2 Å². The number of methoxy groups -OCH3 is 1. The Morgan fingerprint density at radius 1 is 1.04 bits per heavy atom. The van der Waals surface area contributed by atoms with Crippen LogP contribution >= 0.6 is 0 Å². The van der Waals surface area contributed by atoms with Crippen molar-refractivity contribution in [3.8, 4) is 11.5 Å². The summed E-state index contributed by atoms with van der Waals surface area (Å²) in [6.07, 6.45) is 0. The van der Waals surface area contributed by atoms with Crippen LogP contribution in [0.5, 0.6) is 11.5 Å². The van der Waals surface area contributed by atoms with Crippen LogP contribution < -0.4 is 15.2 Å². The van der Waals surface area contributed by atoms with Gasteiger partial charge in [0.2, 0.25) is 0 Å². The highest BCUT2D eigenvalue weighted by Crippen LogP contribution is 2.28. The van der Waals surface area contributed by atoms with Crippen molar-refractivity contribution in [1.29, 1.82) is 0 Å². The molecule has 5 nitrogen and oxygen atoms in total. The average Bonchev–Trinajstić information content (AvgIpc) is 2.80. The van der Waals surface area contributed by atoms with Gasteiger partial charge in [0, 0.05) is 7.05 Å². The van der Waals surface area contributed by atoms with Gasteiger partial charge in [-0.05, 0) is 49.2 Å². The monoisotopic (exact) mass is 326 g/mol. The van der Waals surface area contributed by atoms with E-state index in [0.29, 0.717) is 24.7 Å². The molecule has 0 atom stereocenters. The smallest absolute Gasteiger partial charge is 0.329 e. The minimum atomic E-state index is -0.0237. The van der Waals surface area contributed by atoms with Gasteiger partial charge in [-0.1, -0.05) is 12.1 Å². The van der Waals surface area contributed by atoms with Gasteiger partial charge in [0.25, 0.3) is 0 Å². The van der Waals surface area contributed by atoms with Gasteiger partial charge in [-0.25, -0.2) is 4.79 Å². The summed E-state index contributed by atoms with van der Waals surface area (Å²) in [5, 5.41) is 0. The van der Waals surface area contributed by atoms with E-state index >= 15 is 0 Å². The zero-order valence-corrected chi connectivity index (χ0v) is 14.5. The molecule has 24 heavy (non-hydrogen) atoms. The van der Waals surface area contributed by atoms with Crippen molar-refractivity contribution < 1.29 is 9.47 Å². The third-order valence-electron chi connectivity index (χ3n) is 4.17. The fourth-order valence-corrected chi connectivity index (χ4v) is 2.94.